The van der Waals surface area contributed by atoms with Crippen molar-refractivity contribution < 1.29 is 18.7 Å². The number of Topliss-reactive ketones (excluding diaryl/α,β-unsaturated/α-hetero) is 1. The van der Waals surface area contributed by atoms with Crippen LogP contribution in [0.1, 0.15) is 48.4 Å². The number of halogens is 1. The second-order valence-corrected chi connectivity index (χ2v) is 9.72. The quantitative estimate of drug-likeness (QED) is 0.212. The largest absolute Gasteiger partial charge is 0.496 e. The average Bonchev–Trinajstić information content (AvgIpc) is 2.98. The molecule has 0 aliphatic rings. The van der Waals surface area contributed by atoms with Crippen LogP contribution in [0.15, 0.2) is 72.0 Å². The van der Waals surface area contributed by atoms with Gasteiger partial charge in [-0.3, -0.25) is 19.3 Å². The number of ketones is 1. The van der Waals surface area contributed by atoms with Gasteiger partial charge in [0.05, 0.1) is 12.6 Å². The highest BCUT2D eigenvalue weighted by atomic mass is 19.1. The summed E-state index contributed by atoms with van der Waals surface area (Å²) in [7, 11) is 1.62. The van der Waals surface area contributed by atoms with Crippen LogP contribution >= 0.6 is 0 Å². The fraction of sp³-hybridized carbons (Fsp3) is 0.226. The predicted octanol–water partition coefficient (Wildman–Crippen LogP) is 5.76. The Balaban J connectivity index is 1.39. The normalized spacial score (nSPS) is 11.2. The maximum Gasteiger partial charge on any atom is 0.321 e. The third kappa shape index (κ3) is 5.81. The van der Waals surface area contributed by atoms with E-state index in [0.29, 0.717) is 16.9 Å². The summed E-state index contributed by atoms with van der Waals surface area (Å²) >= 11 is 0. The lowest BCUT2D eigenvalue weighted by atomic mass is 10.0. The third-order valence-corrected chi connectivity index (χ3v) is 6.62. The van der Waals surface area contributed by atoms with E-state index in [4.69, 9.17) is 9.47 Å². The van der Waals surface area contributed by atoms with E-state index in [1.807, 2.05) is 32.9 Å². The first-order valence-corrected chi connectivity index (χ1v) is 13.1. The summed E-state index contributed by atoms with van der Waals surface area (Å²) in [5, 5.41) is 5.05. The predicted molar refractivity (Wildman–Crippen MR) is 152 cm³/mol. The molecule has 9 nitrogen and oxygen atoms in total. The number of ether oxygens (including phenoxy) is 2. The van der Waals surface area contributed by atoms with Gasteiger partial charge in [0, 0.05) is 48.2 Å². The Hall–Kier alpha value is -4.99. The molecule has 3 aromatic heterocycles. The molecule has 10 heteroatoms. The molecule has 0 aliphatic heterocycles. The van der Waals surface area contributed by atoms with E-state index in [0.717, 1.165) is 28.6 Å². The van der Waals surface area contributed by atoms with Gasteiger partial charge in [-0.15, -0.1) is 0 Å². The minimum Gasteiger partial charge on any atom is -0.496 e. The first-order valence-electron chi connectivity index (χ1n) is 13.1. The topological polar surface area (TPSA) is 109 Å². The summed E-state index contributed by atoms with van der Waals surface area (Å²) in [6, 6.07) is 11.1. The zero-order valence-electron chi connectivity index (χ0n) is 23.1. The molecule has 0 N–H and O–H groups in total. The molecule has 2 aromatic carbocycles. The van der Waals surface area contributed by atoms with Crippen molar-refractivity contribution in [3.63, 3.8) is 0 Å². The van der Waals surface area contributed by atoms with E-state index in [1.165, 1.54) is 36.7 Å². The van der Waals surface area contributed by atoms with Gasteiger partial charge in [0.25, 0.3) is 0 Å². The van der Waals surface area contributed by atoms with E-state index in [1.54, 1.807) is 30.3 Å². The zero-order valence-corrected chi connectivity index (χ0v) is 23.1. The number of pyridine rings is 1. The molecule has 0 fully saturated rings. The SMILES string of the molecule is CCc1cc2nccc(Oc3ncc(CC(=O)c4nn(C(C)C)cc(-c5ccc(F)cc5)c4=O)cn3)c2cc1OC. The van der Waals surface area contributed by atoms with E-state index < -0.39 is 17.0 Å². The van der Waals surface area contributed by atoms with Crippen LogP contribution in [0.4, 0.5) is 4.39 Å². The van der Waals surface area contributed by atoms with Crippen LogP contribution in [-0.4, -0.2) is 37.6 Å². The van der Waals surface area contributed by atoms with Crippen LogP contribution in [0.25, 0.3) is 22.0 Å². The van der Waals surface area contributed by atoms with Crippen molar-refractivity contribution in [3.8, 4) is 28.6 Å². The fourth-order valence-corrected chi connectivity index (χ4v) is 4.39. The summed E-state index contributed by atoms with van der Waals surface area (Å²) in [6.07, 6.45) is 6.84. The smallest absolute Gasteiger partial charge is 0.321 e. The van der Waals surface area contributed by atoms with Crippen molar-refractivity contribution in [2.75, 3.05) is 7.11 Å². The number of carbonyl (C=O) groups excluding carboxylic acids is 1. The van der Waals surface area contributed by atoms with Crippen LogP contribution in [0.3, 0.4) is 0 Å². The first kappa shape index (κ1) is 27.6. The molecule has 5 aromatic rings. The molecule has 0 atom stereocenters. The molecular formula is C31H28FN5O4. The van der Waals surface area contributed by atoms with Gasteiger partial charge >= 0.3 is 6.01 Å². The molecule has 0 bridgehead atoms. The van der Waals surface area contributed by atoms with Crippen LogP contribution in [0.2, 0.25) is 0 Å². The molecule has 0 saturated heterocycles. The summed E-state index contributed by atoms with van der Waals surface area (Å²) < 4.78 is 26.5. The lowest BCUT2D eigenvalue weighted by Gasteiger charge is -2.13. The highest BCUT2D eigenvalue weighted by Gasteiger charge is 2.20. The molecule has 0 unspecified atom stereocenters. The van der Waals surface area contributed by atoms with E-state index in [2.05, 4.69) is 20.1 Å². The second-order valence-electron chi connectivity index (χ2n) is 9.72. The molecule has 0 spiro atoms. The summed E-state index contributed by atoms with van der Waals surface area (Å²) in [5.41, 5.74) is 2.32. The Morgan fingerprint density at radius 3 is 2.41 bits per heavy atom. The third-order valence-electron chi connectivity index (χ3n) is 6.62. The number of hydrogen-bond donors (Lipinski definition) is 0. The van der Waals surface area contributed by atoms with Gasteiger partial charge in [0.1, 0.15) is 17.3 Å². The average molecular weight is 554 g/mol. The Kier molecular flexibility index (Phi) is 7.82. The maximum atomic E-state index is 13.5. The molecule has 0 saturated carbocycles. The first-order chi connectivity index (χ1) is 19.8. The van der Waals surface area contributed by atoms with Crippen LogP contribution < -0.4 is 14.9 Å². The molecule has 5 rings (SSSR count). The lowest BCUT2D eigenvalue weighted by molar-refractivity contribution is 0.0984. The fourth-order valence-electron chi connectivity index (χ4n) is 4.39. The summed E-state index contributed by atoms with van der Waals surface area (Å²) in [5.74, 6) is 0.347. The maximum absolute atomic E-state index is 13.5. The number of aryl methyl sites for hydroxylation is 1. The van der Waals surface area contributed by atoms with E-state index >= 15 is 0 Å². The number of carbonyl (C=O) groups is 1. The molecule has 3 heterocycles. The Bertz CT molecular complexity index is 1780. The number of aromatic nitrogens is 5. The highest BCUT2D eigenvalue weighted by Crippen LogP contribution is 2.32. The standard InChI is InChI=1S/C31H28FN5O4/c1-5-20-13-25-23(14-28(20)40-4)27(10-11-33-25)41-31-34-15-19(16-35-31)12-26(38)29-30(39)24(17-37(36-29)18(2)3)21-6-8-22(32)9-7-21/h6-11,13-18H,5,12H2,1-4H3. The monoisotopic (exact) mass is 553 g/mol. The number of fused-ring (bicyclic) bond motifs is 1. The molecule has 41 heavy (non-hydrogen) atoms. The van der Waals surface area contributed by atoms with Gasteiger partial charge in [0.2, 0.25) is 5.43 Å². The van der Waals surface area contributed by atoms with Crippen LogP contribution in [-0.2, 0) is 12.8 Å². The van der Waals surface area contributed by atoms with Gasteiger partial charge in [-0.05, 0) is 67.3 Å². The molecule has 208 valence electrons. The van der Waals surface area contributed by atoms with Crippen molar-refractivity contribution in [1.29, 1.82) is 0 Å². The van der Waals surface area contributed by atoms with Crippen molar-refractivity contribution >= 4 is 16.7 Å². The lowest BCUT2D eigenvalue weighted by Crippen LogP contribution is -2.25. The highest BCUT2D eigenvalue weighted by molar-refractivity contribution is 5.96. The van der Waals surface area contributed by atoms with Crippen LogP contribution in [0.5, 0.6) is 17.5 Å². The Morgan fingerprint density at radius 2 is 1.76 bits per heavy atom. The Labute approximate surface area is 235 Å². The van der Waals surface area contributed by atoms with E-state index in [-0.39, 0.29) is 29.7 Å². The second kappa shape index (κ2) is 11.6. The van der Waals surface area contributed by atoms with Crippen molar-refractivity contribution in [3.05, 3.63) is 100 Å². The van der Waals surface area contributed by atoms with Gasteiger partial charge < -0.3 is 9.47 Å². The molecule has 0 radical (unpaired) electrons. The van der Waals surface area contributed by atoms with Crippen molar-refractivity contribution in [2.45, 2.75) is 39.7 Å². The number of nitrogens with zero attached hydrogens (tertiary/aromatic N) is 5. The minimum absolute atomic E-state index is 0.0887. The number of methoxy groups -OCH3 is 1. The van der Waals surface area contributed by atoms with Crippen molar-refractivity contribution in [2.24, 2.45) is 0 Å². The van der Waals surface area contributed by atoms with Crippen molar-refractivity contribution in [1.82, 2.24) is 24.7 Å². The Morgan fingerprint density at radius 1 is 1.02 bits per heavy atom. The minimum atomic E-state index is -0.523. The van der Waals surface area contributed by atoms with Crippen LogP contribution in [0, 0.1) is 5.82 Å². The number of hydrogen-bond acceptors (Lipinski definition) is 8. The molecule has 0 aliphatic carbocycles. The van der Waals surface area contributed by atoms with Gasteiger partial charge in [-0.25, -0.2) is 14.4 Å². The summed E-state index contributed by atoms with van der Waals surface area (Å²) in [4.78, 5) is 39.5. The van der Waals surface area contributed by atoms with Gasteiger partial charge in [0.15, 0.2) is 11.5 Å². The molecular weight excluding hydrogens is 525 g/mol. The van der Waals surface area contributed by atoms with E-state index in [9.17, 15) is 14.0 Å². The number of rotatable bonds is 9. The number of benzene rings is 2. The van der Waals surface area contributed by atoms with Gasteiger partial charge in [-0.2, -0.15) is 5.10 Å². The summed E-state index contributed by atoms with van der Waals surface area (Å²) in [6.45, 7) is 5.82. The van der Waals surface area contributed by atoms with Gasteiger partial charge in [-0.1, -0.05) is 19.1 Å². The zero-order chi connectivity index (χ0) is 29.1. The molecule has 0 amide bonds.